The van der Waals surface area contributed by atoms with Gasteiger partial charge in [-0.25, -0.2) is 0 Å². The highest BCUT2D eigenvalue weighted by molar-refractivity contribution is 6.30. The second-order valence-corrected chi connectivity index (χ2v) is 7.73. The minimum Gasteiger partial charge on any atom is -0.496 e. The number of rotatable bonds is 5. The fourth-order valence-corrected chi connectivity index (χ4v) is 3.61. The lowest BCUT2D eigenvalue weighted by Gasteiger charge is -2.34. The van der Waals surface area contributed by atoms with E-state index in [0.29, 0.717) is 47.7 Å². The summed E-state index contributed by atoms with van der Waals surface area (Å²) >= 11 is 6.00. The molecule has 2 aromatic carbocycles. The minimum absolute atomic E-state index is 0.0515. The van der Waals surface area contributed by atoms with Gasteiger partial charge in [0.2, 0.25) is 0 Å². The molecular formula is C22H23ClN4O3. The predicted molar refractivity (Wildman–Crippen MR) is 114 cm³/mol. The Labute approximate surface area is 180 Å². The maximum Gasteiger partial charge on any atom is 0.257 e. The molecule has 0 unspecified atom stereocenters. The monoisotopic (exact) mass is 426 g/mol. The fraction of sp³-hybridized carbons (Fsp3) is 0.318. The lowest BCUT2D eigenvalue weighted by atomic mass is 10.1. The van der Waals surface area contributed by atoms with E-state index in [0.717, 1.165) is 18.7 Å². The summed E-state index contributed by atoms with van der Waals surface area (Å²) in [7, 11) is 1.54. The van der Waals surface area contributed by atoms with Crippen molar-refractivity contribution in [3.8, 4) is 17.2 Å². The van der Waals surface area contributed by atoms with Gasteiger partial charge in [0.1, 0.15) is 5.75 Å². The molecule has 1 aliphatic rings. The highest BCUT2D eigenvalue weighted by atomic mass is 35.5. The van der Waals surface area contributed by atoms with Gasteiger partial charge in [-0.1, -0.05) is 34.5 Å². The van der Waals surface area contributed by atoms with E-state index in [2.05, 4.69) is 15.0 Å². The molecule has 1 aliphatic heterocycles. The lowest BCUT2D eigenvalue weighted by Crippen LogP contribution is -2.48. The molecule has 0 spiro atoms. The number of hydrogen-bond donors (Lipinski definition) is 0. The second kappa shape index (κ2) is 8.85. The predicted octanol–water partition coefficient (Wildman–Crippen LogP) is 3.67. The maximum absolute atomic E-state index is 12.9. The van der Waals surface area contributed by atoms with Crippen LogP contribution >= 0.6 is 11.6 Å². The number of methoxy groups -OCH3 is 1. The van der Waals surface area contributed by atoms with Crippen LogP contribution in [-0.2, 0) is 6.54 Å². The summed E-state index contributed by atoms with van der Waals surface area (Å²) in [6, 6.07) is 13.1. The van der Waals surface area contributed by atoms with Crippen molar-refractivity contribution in [3.05, 3.63) is 64.4 Å². The van der Waals surface area contributed by atoms with Gasteiger partial charge < -0.3 is 14.2 Å². The molecule has 1 aromatic heterocycles. The summed E-state index contributed by atoms with van der Waals surface area (Å²) in [6.07, 6.45) is 0. The zero-order valence-electron chi connectivity index (χ0n) is 17.0. The highest BCUT2D eigenvalue weighted by Gasteiger charge is 2.25. The molecule has 0 N–H and O–H groups in total. The van der Waals surface area contributed by atoms with E-state index in [1.54, 1.807) is 18.2 Å². The van der Waals surface area contributed by atoms with Crippen molar-refractivity contribution in [2.75, 3.05) is 33.3 Å². The number of piperazine rings is 1. The number of amides is 1. The van der Waals surface area contributed by atoms with Crippen LogP contribution in [-0.4, -0.2) is 59.1 Å². The Balaban J connectivity index is 1.35. The molecule has 30 heavy (non-hydrogen) atoms. The van der Waals surface area contributed by atoms with E-state index in [1.807, 2.05) is 36.1 Å². The Kier molecular flexibility index (Phi) is 6.01. The van der Waals surface area contributed by atoms with Crippen molar-refractivity contribution in [3.63, 3.8) is 0 Å². The van der Waals surface area contributed by atoms with Gasteiger partial charge in [0.25, 0.3) is 11.8 Å². The molecule has 3 aromatic rings. The van der Waals surface area contributed by atoms with E-state index in [1.165, 1.54) is 12.7 Å². The molecule has 1 fully saturated rings. The van der Waals surface area contributed by atoms with Gasteiger partial charge in [0, 0.05) is 36.8 Å². The molecule has 8 heteroatoms. The summed E-state index contributed by atoms with van der Waals surface area (Å²) in [5.41, 5.74) is 2.62. The van der Waals surface area contributed by atoms with Crippen LogP contribution in [0.15, 0.2) is 47.0 Å². The van der Waals surface area contributed by atoms with E-state index in [4.69, 9.17) is 20.9 Å². The molecule has 0 bridgehead atoms. The largest absolute Gasteiger partial charge is 0.496 e. The van der Waals surface area contributed by atoms with Gasteiger partial charge in [-0.05, 0) is 37.3 Å². The van der Waals surface area contributed by atoms with Gasteiger partial charge in [-0.2, -0.15) is 4.98 Å². The van der Waals surface area contributed by atoms with Crippen molar-refractivity contribution >= 4 is 17.5 Å². The average Bonchev–Trinajstić information content (AvgIpc) is 3.22. The Morgan fingerprint density at radius 1 is 1.13 bits per heavy atom. The Morgan fingerprint density at radius 3 is 2.57 bits per heavy atom. The standard InChI is InChI=1S/C22H23ClN4O3/c1-15-3-5-16(6-4-15)21-24-20(25-30-21)14-26-9-11-27(12-10-26)22(28)18-8-7-17(23)13-19(18)29-2/h3-8,13H,9-12,14H2,1-2H3. The van der Waals surface area contributed by atoms with Crippen LogP contribution in [0.3, 0.4) is 0 Å². The summed E-state index contributed by atoms with van der Waals surface area (Å²) in [6.45, 7) is 5.32. The topological polar surface area (TPSA) is 71.7 Å². The van der Waals surface area contributed by atoms with Crippen LogP contribution in [0.25, 0.3) is 11.5 Å². The van der Waals surface area contributed by atoms with E-state index < -0.39 is 0 Å². The van der Waals surface area contributed by atoms with Crippen LogP contribution < -0.4 is 4.74 Å². The van der Waals surface area contributed by atoms with Crippen LogP contribution in [0.4, 0.5) is 0 Å². The van der Waals surface area contributed by atoms with Crippen molar-refractivity contribution in [1.82, 2.24) is 19.9 Å². The number of carbonyl (C=O) groups is 1. The van der Waals surface area contributed by atoms with Gasteiger partial charge in [0.05, 0.1) is 19.2 Å². The first-order chi connectivity index (χ1) is 14.5. The van der Waals surface area contributed by atoms with Crippen molar-refractivity contribution < 1.29 is 14.1 Å². The third-order valence-electron chi connectivity index (χ3n) is 5.19. The number of benzene rings is 2. The maximum atomic E-state index is 12.9. The fourth-order valence-electron chi connectivity index (χ4n) is 3.45. The summed E-state index contributed by atoms with van der Waals surface area (Å²) in [5, 5.41) is 4.64. The van der Waals surface area contributed by atoms with Gasteiger partial charge in [0.15, 0.2) is 5.82 Å². The Bertz CT molecular complexity index is 1030. The first-order valence-corrected chi connectivity index (χ1v) is 10.2. The first-order valence-electron chi connectivity index (χ1n) is 9.78. The van der Waals surface area contributed by atoms with E-state index in [-0.39, 0.29) is 5.91 Å². The molecule has 1 saturated heterocycles. The number of nitrogens with zero attached hydrogens (tertiary/aromatic N) is 4. The number of ether oxygens (including phenoxy) is 1. The van der Waals surface area contributed by atoms with E-state index >= 15 is 0 Å². The second-order valence-electron chi connectivity index (χ2n) is 7.29. The van der Waals surface area contributed by atoms with Crippen LogP contribution in [0.5, 0.6) is 5.75 Å². The smallest absolute Gasteiger partial charge is 0.257 e. The minimum atomic E-state index is -0.0515. The zero-order chi connectivity index (χ0) is 21.1. The normalized spacial score (nSPS) is 14.7. The highest BCUT2D eigenvalue weighted by Crippen LogP contribution is 2.25. The molecule has 2 heterocycles. The van der Waals surface area contributed by atoms with Gasteiger partial charge >= 0.3 is 0 Å². The number of aromatic nitrogens is 2. The van der Waals surface area contributed by atoms with Crippen molar-refractivity contribution in [2.45, 2.75) is 13.5 Å². The first kappa shape index (κ1) is 20.4. The molecule has 0 radical (unpaired) electrons. The Morgan fingerprint density at radius 2 is 1.87 bits per heavy atom. The number of hydrogen-bond acceptors (Lipinski definition) is 6. The summed E-state index contributed by atoms with van der Waals surface area (Å²) in [5.74, 6) is 1.60. The SMILES string of the molecule is COc1cc(Cl)ccc1C(=O)N1CCN(Cc2noc(-c3ccc(C)cc3)n2)CC1. The van der Waals surface area contributed by atoms with Gasteiger partial charge in [-0.15, -0.1) is 0 Å². The molecule has 0 aliphatic carbocycles. The lowest BCUT2D eigenvalue weighted by molar-refractivity contribution is 0.0621. The van der Waals surface area contributed by atoms with Crippen molar-refractivity contribution in [1.29, 1.82) is 0 Å². The summed E-state index contributed by atoms with van der Waals surface area (Å²) in [4.78, 5) is 21.4. The van der Waals surface area contributed by atoms with Crippen LogP contribution in [0.1, 0.15) is 21.7 Å². The molecule has 4 rings (SSSR count). The van der Waals surface area contributed by atoms with Crippen molar-refractivity contribution in [2.24, 2.45) is 0 Å². The molecule has 1 amide bonds. The number of carbonyl (C=O) groups excluding carboxylic acids is 1. The molecule has 0 saturated carbocycles. The number of halogens is 1. The number of aryl methyl sites for hydroxylation is 1. The third-order valence-corrected chi connectivity index (χ3v) is 5.42. The van der Waals surface area contributed by atoms with E-state index in [9.17, 15) is 4.79 Å². The quantitative estimate of drug-likeness (QED) is 0.620. The van der Waals surface area contributed by atoms with Gasteiger partial charge in [-0.3, -0.25) is 9.69 Å². The molecule has 0 atom stereocenters. The average molecular weight is 427 g/mol. The zero-order valence-corrected chi connectivity index (χ0v) is 17.7. The molecular weight excluding hydrogens is 404 g/mol. The van der Waals surface area contributed by atoms with Crippen LogP contribution in [0.2, 0.25) is 5.02 Å². The Hall–Kier alpha value is -2.90. The molecule has 156 valence electrons. The molecule has 7 nitrogen and oxygen atoms in total. The van der Waals surface area contributed by atoms with Crippen LogP contribution in [0, 0.1) is 6.92 Å². The summed E-state index contributed by atoms with van der Waals surface area (Å²) < 4.78 is 10.7. The third kappa shape index (κ3) is 4.47.